The lowest BCUT2D eigenvalue weighted by atomic mass is 9.99. The summed E-state index contributed by atoms with van der Waals surface area (Å²) in [4.78, 5) is 11.4. The Hall–Kier alpha value is -2.82. The fourth-order valence-electron chi connectivity index (χ4n) is 3.52. The van der Waals surface area contributed by atoms with Gasteiger partial charge >= 0.3 is 0 Å². The molecule has 1 unspecified atom stereocenters. The van der Waals surface area contributed by atoms with Crippen molar-refractivity contribution in [3.63, 3.8) is 0 Å². The van der Waals surface area contributed by atoms with Crippen molar-refractivity contribution < 1.29 is 0 Å². The van der Waals surface area contributed by atoms with Crippen LogP contribution in [0.4, 0.5) is 0 Å². The van der Waals surface area contributed by atoms with Crippen molar-refractivity contribution in [1.29, 1.82) is 0 Å². The SMILES string of the molecule is CN=C(NCc1cn2ccccc2n1)N1CCC(c2ccccc2)C1. The molecule has 5 heteroatoms. The first-order valence-electron chi connectivity index (χ1n) is 8.76. The summed E-state index contributed by atoms with van der Waals surface area (Å²) >= 11 is 0. The smallest absolute Gasteiger partial charge is 0.193 e. The molecule has 1 N–H and O–H groups in total. The Balaban J connectivity index is 1.39. The van der Waals surface area contributed by atoms with Crippen LogP contribution in [0.3, 0.4) is 0 Å². The molecule has 2 aromatic heterocycles. The Morgan fingerprint density at radius 1 is 1.20 bits per heavy atom. The zero-order valence-electron chi connectivity index (χ0n) is 14.5. The quantitative estimate of drug-likeness (QED) is 0.592. The normalized spacial score (nSPS) is 18.0. The minimum absolute atomic E-state index is 0.579. The Morgan fingerprint density at radius 2 is 2.04 bits per heavy atom. The summed E-state index contributed by atoms with van der Waals surface area (Å²) in [5.41, 5.74) is 3.41. The number of hydrogen-bond acceptors (Lipinski definition) is 2. The molecule has 5 nitrogen and oxygen atoms in total. The van der Waals surface area contributed by atoms with Crippen LogP contribution in [0.25, 0.3) is 5.65 Å². The van der Waals surface area contributed by atoms with E-state index in [1.165, 1.54) is 12.0 Å². The first-order chi connectivity index (χ1) is 12.3. The summed E-state index contributed by atoms with van der Waals surface area (Å²) in [6, 6.07) is 16.8. The number of nitrogens with zero attached hydrogens (tertiary/aromatic N) is 4. The standard InChI is InChI=1S/C20H23N5/c1-21-20(22-13-18-15-24-11-6-5-9-19(24)23-18)25-12-10-17(14-25)16-7-3-2-4-8-16/h2-9,11,15,17H,10,12-14H2,1H3,(H,21,22). The Labute approximate surface area is 148 Å². The molecule has 0 saturated carbocycles. The van der Waals surface area contributed by atoms with Crippen LogP contribution in [0.2, 0.25) is 0 Å². The predicted molar refractivity (Wildman–Crippen MR) is 101 cm³/mol. The molecule has 1 aromatic carbocycles. The number of aromatic nitrogens is 2. The molecular weight excluding hydrogens is 310 g/mol. The molecule has 0 aliphatic carbocycles. The Morgan fingerprint density at radius 3 is 2.84 bits per heavy atom. The van der Waals surface area contributed by atoms with Crippen molar-refractivity contribution in [3.8, 4) is 0 Å². The monoisotopic (exact) mass is 333 g/mol. The van der Waals surface area contributed by atoms with Gasteiger partial charge < -0.3 is 14.6 Å². The summed E-state index contributed by atoms with van der Waals surface area (Å²) < 4.78 is 2.04. The third-order valence-electron chi connectivity index (χ3n) is 4.81. The highest BCUT2D eigenvalue weighted by Crippen LogP contribution is 2.26. The number of aliphatic imine (C=N–C) groups is 1. The molecule has 0 amide bonds. The molecule has 0 spiro atoms. The van der Waals surface area contributed by atoms with E-state index in [0.29, 0.717) is 12.5 Å². The van der Waals surface area contributed by atoms with Gasteiger partial charge in [0.05, 0.1) is 12.2 Å². The van der Waals surface area contributed by atoms with E-state index in [-0.39, 0.29) is 0 Å². The van der Waals surface area contributed by atoms with E-state index in [4.69, 9.17) is 0 Å². The van der Waals surface area contributed by atoms with Crippen molar-refractivity contribution in [3.05, 3.63) is 72.2 Å². The Bertz CT molecular complexity index is 835. The highest BCUT2D eigenvalue weighted by molar-refractivity contribution is 5.80. The van der Waals surface area contributed by atoms with Crippen LogP contribution in [0.1, 0.15) is 23.6 Å². The van der Waals surface area contributed by atoms with Crippen LogP contribution in [0, 0.1) is 0 Å². The maximum absolute atomic E-state index is 4.64. The first kappa shape index (κ1) is 15.7. The molecule has 25 heavy (non-hydrogen) atoms. The number of guanidine groups is 1. The van der Waals surface area contributed by atoms with Gasteiger partial charge in [-0.2, -0.15) is 0 Å². The fourth-order valence-corrected chi connectivity index (χ4v) is 3.52. The third-order valence-corrected chi connectivity index (χ3v) is 4.81. The molecule has 1 fully saturated rings. The number of benzene rings is 1. The fraction of sp³-hybridized carbons (Fsp3) is 0.300. The van der Waals surface area contributed by atoms with E-state index in [0.717, 1.165) is 30.4 Å². The van der Waals surface area contributed by atoms with Gasteiger partial charge in [0.25, 0.3) is 0 Å². The number of likely N-dealkylation sites (tertiary alicyclic amines) is 1. The van der Waals surface area contributed by atoms with Gasteiger partial charge in [-0.3, -0.25) is 4.99 Å². The molecule has 1 saturated heterocycles. The first-order valence-corrected chi connectivity index (χ1v) is 8.76. The van der Waals surface area contributed by atoms with Crippen molar-refractivity contribution in [1.82, 2.24) is 19.6 Å². The maximum Gasteiger partial charge on any atom is 0.193 e. The van der Waals surface area contributed by atoms with E-state index in [1.54, 1.807) is 0 Å². The van der Waals surface area contributed by atoms with Gasteiger partial charge in [-0.1, -0.05) is 36.4 Å². The molecule has 128 valence electrons. The van der Waals surface area contributed by atoms with Gasteiger partial charge in [0, 0.05) is 38.4 Å². The van der Waals surface area contributed by atoms with Gasteiger partial charge in [0.1, 0.15) is 5.65 Å². The number of rotatable bonds is 3. The molecule has 3 aromatic rings. The van der Waals surface area contributed by atoms with E-state index < -0.39 is 0 Å². The number of hydrogen-bond donors (Lipinski definition) is 1. The average molecular weight is 333 g/mol. The second-order valence-electron chi connectivity index (χ2n) is 6.44. The van der Waals surface area contributed by atoms with Crippen molar-refractivity contribution >= 4 is 11.6 Å². The molecule has 1 aliphatic heterocycles. The lowest BCUT2D eigenvalue weighted by Gasteiger charge is -2.21. The van der Waals surface area contributed by atoms with E-state index in [1.807, 2.05) is 35.8 Å². The number of fused-ring (bicyclic) bond motifs is 1. The lowest BCUT2D eigenvalue weighted by Crippen LogP contribution is -2.39. The molecular formula is C20H23N5. The van der Waals surface area contributed by atoms with Gasteiger partial charge in [-0.15, -0.1) is 0 Å². The molecule has 1 atom stereocenters. The zero-order valence-corrected chi connectivity index (χ0v) is 14.5. The molecule has 4 rings (SSSR count). The summed E-state index contributed by atoms with van der Waals surface area (Å²) in [5.74, 6) is 1.53. The largest absolute Gasteiger partial charge is 0.351 e. The van der Waals surface area contributed by atoms with Crippen molar-refractivity contribution in [2.75, 3.05) is 20.1 Å². The summed E-state index contributed by atoms with van der Waals surface area (Å²) in [6.45, 7) is 2.72. The van der Waals surface area contributed by atoms with Gasteiger partial charge in [0.15, 0.2) is 5.96 Å². The van der Waals surface area contributed by atoms with Gasteiger partial charge in [-0.05, 0) is 24.1 Å². The molecule has 0 bridgehead atoms. The molecule has 1 aliphatic rings. The van der Waals surface area contributed by atoms with Crippen LogP contribution >= 0.6 is 0 Å². The molecule has 0 radical (unpaired) electrons. The number of nitrogens with one attached hydrogen (secondary N) is 1. The summed E-state index contributed by atoms with van der Waals surface area (Å²) in [6.07, 6.45) is 5.25. The third kappa shape index (κ3) is 3.36. The average Bonchev–Trinajstić information content (AvgIpc) is 3.30. The van der Waals surface area contributed by atoms with Crippen LogP contribution in [-0.4, -0.2) is 40.4 Å². The van der Waals surface area contributed by atoms with E-state index in [2.05, 4.69) is 56.7 Å². The number of pyridine rings is 1. The highest BCUT2D eigenvalue weighted by atomic mass is 15.3. The Kier molecular flexibility index (Phi) is 4.37. The summed E-state index contributed by atoms with van der Waals surface area (Å²) in [5, 5.41) is 3.46. The van der Waals surface area contributed by atoms with Gasteiger partial charge in [0.2, 0.25) is 0 Å². The van der Waals surface area contributed by atoms with Crippen LogP contribution in [-0.2, 0) is 6.54 Å². The molecule has 3 heterocycles. The van der Waals surface area contributed by atoms with Crippen LogP contribution < -0.4 is 5.32 Å². The lowest BCUT2D eigenvalue weighted by molar-refractivity contribution is 0.485. The number of imidazole rings is 1. The minimum Gasteiger partial charge on any atom is -0.351 e. The minimum atomic E-state index is 0.579. The summed E-state index contributed by atoms with van der Waals surface area (Å²) in [7, 11) is 1.85. The topological polar surface area (TPSA) is 44.9 Å². The van der Waals surface area contributed by atoms with Gasteiger partial charge in [-0.25, -0.2) is 4.98 Å². The second kappa shape index (κ2) is 6.97. The highest BCUT2D eigenvalue weighted by Gasteiger charge is 2.25. The second-order valence-corrected chi connectivity index (χ2v) is 6.44. The predicted octanol–water partition coefficient (Wildman–Crippen LogP) is 2.90. The van der Waals surface area contributed by atoms with Crippen LogP contribution in [0.15, 0.2) is 65.9 Å². The van der Waals surface area contributed by atoms with E-state index >= 15 is 0 Å². The van der Waals surface area contributed by atoms with Crippen molar-refractivity contribution in [2.24, 2.45) is 4.99 Å². The van der Waals surface area contributed by atoms with Crippen molar-refractivity contribution in [2.45, 2.75) is 18.9 Å². The van der Waals surface area contributed by atoms with Crippen LogP contribution in [0.5, 0.6) is 0 Å². The maximum atomic E-state index is 4.64. The zero-order chi connectivity index (χ0) is 17.1. The van der Waals surface area contributed by atoms with E-state index in [9.17, 15) is 0 Å².